The Morgan fingerprint density at radius 1 is 1.18 bits per heavy atom. The summed E-state index contributed by atoms with van der Waals surface area (Å²) in [6.45, 7) is 8.70. The zero-order chi connectivity index (χ0) is 19.5. The topological polar surface area (TPSA) is 65.4 Å². The zero-order valence-corrected chi connectivity index (χ0v) is 16.4. The van der Waals surface area contributed by atoms with Crippen LogP contribution >= 0.6 is 0 Å². The van der Waals surface area contributed by atoms with Crippen molar-refractivity contribution in [2.24, 2.45) is 0 Å². The number of furan rings is 1. The van der Waals surface area contributed by atoms with Gasteiger partial charge in [-0.15, -0.1) is 0 Å². The van der Waals surface area contributed by atoms with Crippen molar-refractivity contribution >= 4 is 5.69 Å². The lowest BCUT2D eigenvalue weighted by atomic mass is 10.1. The predicted octanol–water partition coefficient (Wildman–Crippen LogP) is 3.43. The number of anilines is 1. The Balaban J connectivity index is 1.48. The third kappa shape index (κ3) is 3.73. The second-order valence-corrected chi connectivity index (χ2v) is 7.12. The van der Waals surface area contributed by atoms with Gasteiger partial charge in [0, 0.05) is 44.8 Å². The first kappa shape index (κ1) is 18.5. The molecule has 0 radical (unpaired) electrons. The number of aromatic nitrogens is 2. The Hall–Kier alpha value is -2.86. The normalized spacial score (nSPS) is 14.1. The van der Waals surface area contributed by atoms with E-state index in [-0.39, 0.29) is 5.56 Å². The van der Waals surface area contributed by atoms with Crippen molar-refractivity contribution in [2.45, 2.75) is 33.4 Å². The fraction of sp³-hybridized carbons (Fsp3) is 0.364. The molecule has 6 nitrogen and oxygen atoms in total. The highest BCUT2D eigenvalue weighted by Crippen LogP contribution is 2.21. The van der Waals surface area contributed by atoms with E-state index in [0.29, 0.717) is 18.1 Å². The average molecular weight is 378 g/mol. The summed E-state index contributed by atoms with van der Waals surface area (Å²) in [5, 5.41) is 0. The second kappa shape index (κ2) is 8.02. The van der Waals surface area contributed by atoms with Crippen LogP contribution in [0.15, 0.2) is 51.9 Å². The largest absolute Gasteiger partial charge is 0.461 e. The molecule has 3 aromatic rings. The van der Waals surface area contributed by atoms with E-state index in [4.69, 9.17) is 4.42 Å². The summed E-state index contributed by atoms with van der Waals surface area (Å²) in [7, 11) is 0. The van der Waals surface area contributed by atoms with Crippen LogP contribution in [-0.2, 0) is 19.5 Å². The van der Waals surface area contributed by atoms with Crippen molar-refractivity contribution in [3.05, 3.63) is 69.8 Å². The van der Waals surface area contributed by atoms with E-state index in [1.807, 2.05) is 6.07 Å². The van der Waals surface area contributed by atoms with E-state index >= 15 is 0 Å². The number of hydrogen-bond donors (Lipinski definition) is 1. The summed E-state index contributed by atoms with van der Waals surface area (Å²) in [5.41, 5.74) is 4.09. The smallest absolute Gasteiger partial charge is 0.256 e. The predicted molar refractivity (Wildman–Crippen MR) is 110 cm³/mol. The van der Waals surface area contributed by atoms with Gasteiger partial charge >= 0.3 is 0 Å². The molecule has 6 heteroatoms. The molecule has 0 saturated carbocycles. The van der Waals surface area contributed by atoms with Gasteiger partial charge in [-0.25, -0.2) is 4.98 Å². The standard InChI is InChI=1S/C22H26N4O2/c1-3-26(4-2)17-9-7-16(8-10-17)14-25-12-11-19-18(15-25)22(27)24-21(23-19)20-6-5-13-28-20/h5-10,13H,3-4,11-12,14-15H2,1-2H3,(H,23,24,27). The molecule has 0 spiro atoms. The van der Waals surface area contributed by atoms with Gasteiger partial charge in [0.2, 0.25) is 0 Å². The molecule has 0 atom stereocenters. The summed E-state index contributed by atoms with van der Waals surface area (Å²) in [4.78, 5) is 24.7. The lowest BCUT2D eigenvalue weighted by Crippen LogP contribution is -2.35. The Kier molecular flexibility index (Phi) is 5.30. The van der Waals surface area contributed by atoms with E-state index in [2.05, 4.69) is 57.9 Å². The molecule has 28 heavy (non-hydrogen) atoms. The fourth-order valence-corrected chi connectivity index (χ4v) is 3.81. The first-order valence-corrected chi connectivity index (χ1v) is 9.90. The van der Waals surface area contributed by atoms with Crippen molar-refractivity contribution in [2.75, 3.05) is 24.5 Å². The molecule has 1 aliphatic heterocycles. The van der Waals surface area contributed by atoms with Crippen LogP contribution in [0.25, 0.3) is 11.6 Å². The van der Waals surface area contributed by atoms with Crippen molar-refractivity contribution in [1.82, 2.24) is 14.9 Å². The van der Waals surface area contributed by atoms with Crippen LogP contribution in [0.2, 0.25) is 0 Å². The molecule has 146 valence electrons. The van der Waals surface area contributed by atoms with Crippen molar-refractivity contribution in [1.29, 1.82) is 0 Å². The van der Waals surface area contributed by atoms with Crippen LogP contribution in [0.1, 0.15) is 30.7 Å². The molecule has 0 unspecified atom stereocenters. The number of benzene rings is 1. The number of fused-ring (bicyclic) bond motifs is 1. The van der Waals surface area contributed by atoms with Gasteiger partial charge in [0.05, 0.1) is 17.5 Å². The van der Waals surface area contributed by atoms with Gasteiger partial charge < -0.3 is 14.3 Å². The number of hydrogen-bond acceptors (Lipinski definition) is 5. The average Bonchev–Trinajstić information content (AvgIpc) is 3.25. The highest BCUT2D eigenvalue weighted by molar-refractivity contribution is 5.48. The van der Waals surface area contributed by atoms with E-state index in [9.17, 15) is 4.79 Å². The van der Waals surface area contributed by atoms with Gasteiger partial charge in [-0.05, 0) is 43.7 Å². The number of rotatable bonds is 6. The summed E-state index contributed by atoms with van der Waals surface area (Å²) >= 11 is 0. The summed E-state index contributed by atoms with van der Waals surface area (Å²) < 4.78 is 5.36. The van der Waals surface area contributed by atoms with Crippen LogP contribution in [0.4, 0.5) is 5.69 Å². The molecule has 0 bridgehead atoms. The van der Waals surface area contributed by atoms with E-state index in [0.717, 1.165) is 43.9 Å². The van der Waals surface area contributed by atoms with Crippen LogP contribution < -0.4 is 10.5 Å². The van der Waals surface area contributed by atoms with Gasteiger partial charge in [-0.1, -0.05) is 12.1 Å². The van der Waals surface area contributed by atoms with Crippen molar-refractivity contribution in [3.8, 4) is 11.6 Å². The minimum Gasteiger partial charge on any atom is -0.461 e. The minimum absolute atomic E-state index is 0.0713. The molecule has 2 aromatic heterocycles. The molecule has 1 aromatic carbocycles. The zero-order valence-electron chi connectivity index (χ0n) is 16.4. The monoisotopic (exact) mass is 378 g/mol. The Bertz CT molecular complexity index is 973. The maximum Gasteiger partial charge on any atom is 0.256 e. The summed E-state index contributed by atoms with van der Waals surface area (Å²) in [5.74, 6) is 1.10. The van der Waals surface area contributed by atoms with Crippen LogP contribution in [0.5, 0.6) is 0 Å². The number of nitrogens with one attached hydrogen (secondary N) is 1. The van der Waals surface area contributed by atoms with Crippen LogP contribution in [-0.4, -0.2) is 34.5 Å². The van der Waals surface area contributed by atoms with Gasteiger partial charge in [0.25, 0.3) is 5.56 Å². The van der Waals surface area contributed by atoms with Crippen LogP contribution in [0, 0.1) is 0 Å². The van der Waals surface area contributed by atoms with Gasteiger partial charge in [-0.3, -0.25) is 9.69 Å². The third-order valence-electron chi connectivity index (χ3n) is 5.37. The van der Waals surface area contributed by atoms with E-state index in [1.165, 1.54) is 11.3 Å². The third-order valence-corrected chi connectivity index (χ3v) is 5.37. The Morgan fingerprint density at radius 3 is 2.64 bits per heavy atom. The molecular formula is C22H26N4O2. The molecule has 0 aliphatic carbocycles. The van der Waals surface area contributed by atoms with Gasteiger partial charge in [0.15, 0.2) is 11.6 Å². The number of H-pyrrole nitrogens is 1. The maximum atomic E-state index is 12.6. The molecule has 1 N–H and O–H groups in total. The quantitative estimate of drug-likeness (QED) is 0.712. The highest BCUT2D eigenvalue weighted by atomic mass is 16.3. The SMILES string of the molecule is CCN(CC)c1ccc(CN2CCc3nc(-c4ccco4)[nH]c(=O)c3C2)cc1. The lowest BCUT2D eigenvalue weighted by Gasteiger charge is -2.28. The van der Waals surface area contributed by atoms with Gasteiger partial charge in [-0.2, -0.15) is 0 Å². The Labute approximate surface area is 164 Å². The summed E-state index contributed by atoms with van der Waals surface area (Å²) in [6, 6.07) is 12.3. The van der Waals surface area contributed by atoms with Crippen molar-refractivity contribution in [3.63, 3.8) is 0 Å². The Morgan fingerprint density at radius 2 is 1.96 bits per heavy atom. The van der Waals surface area contributed by atoms with Gasteiger partial charge in [0.1, 0.15) is 0 Å². The maximum absolute atomic E-state index is 12.6. The van der Waals surface area contributed by atoms with Crippen molar-refractivity contribution < 1.29 is 4.42 Å². The van der Waals surface area contributed by atoms with E-state index < -0.39 is 0 Å². The molecule has 0 amide bonds. The first-order valence-electron chi connectivity index (χ1n) is 9.90. The molecule has 0 saturated heterocycles. The molecule has 3 heterocycles. The molecule has 4 rings (SSSR count). The first-order chi connectivity index (χ1) is 13.7. The fourth-order valence-electron chi connectivity index (χ4n) is 3.81. The number of aromatic amines is 1. The second-order valence-electron chi connectivity index (χ2n) is 7.12. The van der Waals surface area contributed by atoms with Crippen LogP contribution in [0.3, 0.4) is 0 Å². The van der Waals surface area contributed by atoms with E-state index in [1.54, 1.807) is 12.3 Å². The highest BCUT2D eigenvalue weighted by Gasteiger charge is 2.22. The molecule has 1 aliphatic rings. The summed E-state index contributed by atoms with van der Waals surface area (Å²) in [6.07, 6.45) is 2.35. The molecule has 0 fully saturated rings. The lowest BCUT2D eigenvalue weighted by molar-refractivity contribution is 0.242. The minimum atomic E-state index is -0.0713. The molecular weight excluding hydrogens is 352 g/mol. The number of nitrogens with zero attached hydrogens (tertiary/aromatic N) is 3.